The van der Waals surface area contributed by atoms with Gasteiger partial charge in [-0.15, -0.1) is 6.58 Å². The van der Waals surface area contributed by atoms with Crippen molar-refractivity contribution in [1.29, 1.82) is 0 Å². The van der Waals surface area contributed by atoms with Gasteiger partial charge in [0.15, 0.2) is 0 Å². The van der Waals surface area contributed by atoms with Gasteiger partial charge in [-0.2, -0.15) is 0 Å². The van der Waals surface area contributed by atoms with Gasteiger partial charge in [0.1, 0.15) is 0 Å². The normalized spacial score (nSPS) is 14.1. The molecule has 0 N–H and O–H groups in total. The lowest BCUT2D eigenvalue weighted by atomic mass is 9.89. The van der Waals surface area contributed by atoms with Crippen LogP contribution in [0.1, 0.15) is 18.1 Å². The first-order valence-corrected chi connectivity index (χ1v) is 22.8. The number of hydrogen-bond donors (Lipinski definition) is 0. The highest BCUT2D eigenvalue weighted by atomic mass is 15.1. The number of nitrogens with zero attached hydrogens (tertiary/aromatic N) is 2. The molecule has 0 saturated carbocycles. The zero-order valence-corrected chi connectivity index (χ0v) is 37.6. The molecule has 10 aromatic rings. The van der Waals surface area contributed by atoms with Crippen LogP contribution in [0.2, 0.25) is 0 Å². The summed E-state index contributed by atoms with van der Waals surface area (Å²) in [5.41, 5.74) is 19.6. The molecule has 2 nitrogen and oxygen atoms in total. The molecule has 1 aliphatic heterocycles. The fourth-order valence-corrected chi connectivity index (χ4v) is 10.3. The molecule has 2 heterocycles. The summed E-state index contributed by atoms with van der Waals surface area (Å²) in [7, 11) is 0. The fraction of sp³-hybridized carbons (Fsp3) is 0.0154. The van der Waals surface area contributed by atoms with Gasteiger partial charge in [-0.05, 0) is 127 Å². The zero-order chi connectivity index (χ0) is 45.6. The van der Waals surface area contributed by atoms with Gasteiger partial charge >= 0.3 is 0 Å². The molecule has 0 atom stereocenters. The Labute approximate surface area is 392 Å². The largest absolute Gasteiger partial charge is 0.316 e. The van der Waals surface area contributed by atoms with Crippen LogP contribution in [0.5, 0.6) is 0 Å². The van der Waals surface area contributed by atoms with Crippen molar-refractivity contribution < 1.29 is 0 Å². The minimum absolute atomic E-state index is 0.955. The lowest BCUT2D eigenvalue weighted by Gasteiger charge is -2.27. The molecule has 9 aromatic carbocycles. The second-order valence-electron chi connectivity index (χ2n) is 17.1. The van der Waals surface area contributed by atoms with Crippen LogP contribution in [0.4, 0.5) is 11.4 Å². The number of rotatable bonds is 7. The topological polar surface area (TPSA) is 8.17 Å². The van der Waals surface area contributed by atoms with E-state index >= 15 is 0 Å². The van der Waals surface area contributed by atoms with E-state index in [1.807, 2.05) is 25.2 Å². The molecule has 0 amide bonds. The Balaban J connectivity index is 0.00000161. The second-order valence-corrected chi connectivity index (χ2v) is 17.1. The smallest absolute Gasteiger partial charge is 0.0619 e. The summed E-state index contributed by atoms with van der Waals surface area (Å²) in [4.78, 5) is 2.34. The molecule has 0 radical (unpaired) electrons. The zero-order valence-electron chi connectivity index (χ0n) is 37.6. The highest BCUT2D eigenvalue weighted by Crippen LogP contribution is 2.50. The first-order chi connectivity index (χ1) is 33.0. The lowest BCUT2D eigenvalue weighted by molar-refractivity contribution is 1.25. The highest BCUT2D eigenvalue weighted by molar-refractivity contribution is 6.21. The summed E-state index contributed by atoms with van der Waals surface area (Å²) < 4.78 is 2.32. The molecule has 67 heavy (non-hydrogen) atoms. The quantitative estimate of drug-likeness (QED) is 0.115. The van der Waals surface area contributed by atoms with Crippen LogP contribution >= 0.6 is 0 Å². The Morgan fingerprint density at radius 3 is 1.91 bits per heavy atom. The number of benzene rings is 9. The molecular formula is C65H48N2. The van der Waals surface area contributed by atoms with Gasteiger partial charge in [0.05, 0.1) is 16.7 Å². The van der Waals surface area contributed by atoms with E-state index in [1.165, 1.54) is 71.3 Å². The summed E-state index contributed by atoms with van der Waals surface area (Å²) in [6.07, 6.45) is 14.2. The highest BCUT2D eigenvalue weighted by Gasteiger charge is 2.24. The Morgan fingerprint density at radius 1 is 0.493 bits per heavy atom. The monoisotopic (exact) mass is 856 g/mol. The summed E-state index contributed by atoms with van der Waals surface area (Å²) in [6.45, 7) is 18.1. The van der Waals surface area contributed by atoms with E-state index in [1.54, 1.807) is 6.08 Å². The molecule has 2 aliphatic rings. The molecule has 0 saturated heterocycles. The standard InChI is InChI=1S/C62H42N2.C3H6/c1-4-16-45(5-2)64-60-36-32-42(38-58(60)57-33-31-41-17-6-7-22-49(41)62(57)64)44-30-29-40(3)47-20-12-13-28-59(47)63(39-44)46-19-14-18-43(37-46)48-21-8-9-23-50(48)53-34-35-56-52-25-11-10-24-51(52)54-26-15-27-55(53)61(54)56;1-3-2/h4-39H,1-3H2;3H,1H2,2H3/b30-29-,44-39+,45-16+;. The SMILES string of the molecule is C=C/C=C(\C=C)n1c2ccc(C3=C/N(c4cccc(-c5ccccc5-c5ccc6c7c(cccc57)-c5ccccc5-6)c4)c4ccccc4C(=C)/C=C\3)cc2c2ccc3ccccc3c21.C=CC. The first kappa shape index (κ1) is 41.0. The Kier molecular flexibility index (Phi) is 10.4. The van der Waals surface area contributed by atoms with E-state index in [4.69, 9.17) is 0 Å². The van der Waals surface area contributed by atoms with E-state index in [-0.39, 0.29) is 0 Å². The van der Waals surface area contributed by atoms with Crippen molar-refractivity contribution in [2.45, 2.75) is 6.92 Å². The number of allylic oxidation sites excluding steroid dienone is 9. The third-order valence-electron chi connectivity index (χ3n) is 13.2. The Hall–Kier alpha value is -8.72. The van der Waals surface area contributed by atoms with E-state index in [0.717, 1.165) is 55.9 Å². The maximum atomic E-state index is 4.58. The van der Waals surface area contributed by atoms with Crippen molar-refractivity contribution in [3.8, 4) is 44.5 Å². The molecule has 1 aliphatic carbocycles. The molecule has 1 aromatic heterocycles. The van der Waals surface area contributed by atoms with Crippen molar-refractivity contribution in [1.82, 2.24) is 4.57 Å². The number of anilines is 2. The van der Waals surface area contributed by atoms with E-state index in [0.29, 0.717) is 0 Å². The Bertz CT molecular complexity index is 3760. The summed E-state index contributed by atoms with van der Waals surface area (Å²) in [6, 6.07) is 66.5. The third kappa shape index (κ3) is 6.81. The van der Waals surface area contributed by atoms with Gasteiger partial charge in [-0.1, -0.05) is 196 Å². The summed E-state index contributed by atoms with van der Waals surface area (Å²) in [5, 5.41) is 7.35. The summed E-state index contributed by atoms with van der Waals surface area (Å²) in [5.74, 6) is 0. The third-order valence-corrected chi connectivity index (χ3v) is 13.2. The molecule has 318 valence electrons. The van der Waals surface area contributed by atoms with E-state index < -0.39 is 0 Å². The number of hydrogen-bond acceptors (Lipinski definition) is 1. The molecule has 0 spiro atoms. The van der Waals surface area contributed by atoms with Gasteiger partial charge in [-0.25, -0.2) is 0 Å². The van der Waals surface area contributed by atoms with Crippen LogP contribution in [0, 0.1) is 0 Å². The van der Waals surface area contributed by atoms with Gasteiger partial charge in [0.2, 0.25) is 0 Å². The number of aromatic nitrogens is 1. The molecule has 12 rings (SSSR count). The fourth-order valence-electron chi connectivity index (χ4n) is 10.3. The van der Waals surface area contributed by atoms with Gasteiger partial charge in [-0.3, -0.25) is 0 Å². The van der Waals surface area contributed by atoms with Crippen LogP contribution in [0.15, 0.2) is 251 Å². The van der Waals surface area contributed by atoms with Crippen LogP contribution in [-0.2, 0) is 0 Å². The average Bonchev–Trinajstić information content (AvgIpc) is 3.89. The van der Waals surface area contributed by atoms with Gasteiger partial charge in [0.25, 0.3) is 0 Å². The van der Waals surface area contributed by atoms with Crippen LogP contribution in [0.3, 0.4) is 0 Å². The van der Waals surface area contributed by atoms with E-state index in [2.05, 4.69) is 236 Å². The molecule has 0 bridgehead atoms. The maximum Gasteiger partial charge on any atom is 0.0619 e. The van der Waals surface area contributed by atoms with Crippen LogP contribution in [0.25, 0.3) is 105 Å². The minimum atomic E-state index is 0.955. The average molecular weight is 857 g/mol. The molecule has 0 unspecified atom stereocenters. The van der Waals surface area contributed by atoms with Gasteiger partial charge < -0.3 is 9.47 Å². The number of para-hydroxylation sites is 1. The minimum Gasteiger partial charge on any atom is -0.316 e. The van der Waals surface area contributed by atoms with E-state index in [9.17, 15) is 0 Å². The van der Waals surface area contributed by atoms with Crippen molar-refractivity contribution in [3.05, 3.63) is 262 Å². The molecule has 0 fully saturated rings. The van der Waals surface area contributed by atoms with Gasteiger partial charge in [0, 0.05) is 39.3 Å². The molecular weight excluding hydrogens is 809 g/mol. The Morgan fingerprint density at radius 2 is 1.13 bits per heavy atom. The lowest BCUT2D eigenvalue weighted by Crippen LogP contribution is -2.12. The number of fused-ring (bicyclic) bond motifs is 9. The summed E-state index contributed by atoms with van der Waals surface area (Å²) >= 11 is 0. The second kappa shape index (κ2) is 17.0. The van der Waals surface area contributed by atoms with Crippen LogP contribution in [-0.4, -0.2) is 4.57 Å². The maximum absolute atomic E-state index is 4.58. The first-order valence-electron chi connectivity index (χ1n) is 22.8. The van der Waals surface area contributed by atoms with Crippen molar-refractivity contribution in [3.63, 3.8) is 0 Å². The van der Waals surface area contributed by atoms with Crippen molar-refractivity contribution in [2.24, 2.45) is 0 Å². The predicted molar refractivity (Wildman–Crippen MR) is 291 cm³/mol. The molecule has 2 heteroatoms. The predicted octanol–water partition coefficient (Wildman–Crippen LogP) is 18.2. The van der Waals surface area contributed by atoms with Crippen molar-refractivity contribution >= 4 is 71.6 Å². The van der Waals surface area contributed by atoms with Crippen molar-refractivity contribution in [2.75, 3.05) is 4.90 Å². The van der Waals surface area contributed by atoms with Crippen LogP contribution < -0.4 is 4.90 Å².